The Morgan fingerprint density at radius 3 is 2.75 bits per heavy atom. The molecule has 0 aliphatic carbocycles. The van der Waals surface area contributed by atoms with Crippen molar-refractivity contribution < 1.29 is 14.6 Å². The number of ether oxygens (including phenoxy) is 1. The first-order valence-electron chi connectivity index (χ1n) is 7.97. The molecule has 0 aliphatic rings. The van der Waals surface area contributed by atoms with Crippen molar-refractivity contribution in [1.82, 2.24) is 9.13 Å². The molecule has 6 nitrogen and oxygen atoms in total. The molecule has 126 valence electrons. The van der Waals surface area contributed by atoms with Crippen LogP contribution in [-0.4, -0.2) is 33.4 Å². The Bertz CT molecular complexity index is 968. The molecule has 0 saturated heterocycles. The summed E-state index contributed by atoms with van der Waals surface area (Å²) in [6.07, 6.45) is 2.10. The zero-order valence-corrected chi connectivity index (χ0v) is 13.8. The summed E-state index contributed by atoms with van der Waals surface area (Å²) in [6.45, 7) is 3.50. The van der Waals surface area contributed by atoms with Gasteiger partial charge in [0.1, 0.15) is 5.52 Å². The third-order valence-electron chi connectivity index (χ3n) is 4.25. The number of nitrogens with zero attached hydrogens (tertiary/aromatic N) is 2. The second-order valence-corrected chi connectivity index (χ2v) is 5.70. The monoisotopic (exact) mass is 328 g/mol. The molecule has 1 N–H and O–H groups in total. The van der Waals surface area contributed by atoms with E-state index in [9.17, 15) is 14.7 Å². The molecular weight excluding hydrogens is 308 g/mol. The maximum atomic E-state index is 12.9. The average Bonchev–Trinajstić information content (AvgIpc) is 2.87. The number of carboxylic acids is 1. The summed E-state index contributed by atoms with van der Waals surface area (Å²) in [6, 6.07) is 7.46. The lowest BCUT2D eigenvalue weighted by Crippen LogP contribution is -2.24. The van der Waals surface area contributed by atoms with E-state index in [1.807, 2.05) is 31.2 Å². The Morgan fingerprint density at radius 1 is 1.29 bits per heavy atom. The van der Waals surface area contributed by atoms with E-state index in [1.54, 1.807) is 11.6 Å². The Morgan fingerprint density at radius 2 is 2.04 bits per heavy atom. The summed E-state index contributed by atoms with van der Waals surface area (Å²) >= 11 is 0. The number of benzene rings is 1. The Balaban J connectivity index is 2.25. The summed E-state index contributed by atoms with van der Waals surface area (Å²) in [7, 11) is 1.79. The summed E-state index contributed by atoms with van der Waals surface area (Å²) in [5, 5.41) is 10.9. The van der Waals surface area contributed by atoms with Crippen molar-refractivity contribution in [3.63, 3.8) is 0 Å². The highest BCUT2D eigenvalue weighted by molar-refractivity contribution is 6.16. The van der Waals surface area contributed by atoms with Crippen molar-refractivity contribution in [3.8, 4) is 0 Å². The first kappa shape index (κ1) is 16.3. The highest BCUT2D eigenvalue weighted by Gasteiger charge is 2.20. The van der Waals surface area contributed by atoms with Gasteiger partial charge in [0, 0.05) is 49.3 Å². The van der Waals surface area contributed by atoms with Gasteiger partial charge in [-0.3, -0.25) is 4.79 Å². The zero-order chi connectivity index (χ0) is 17.3. The predicted octanol–water partition coefficient (Wildman–Crippen LogP) is 2.62. The van der Waals surface area contributed by atoms with E-state index in [2.05, 4.69) is 0 Å². The molecule has 0 amide bonds. The van der Waals surface area contributed by atoms with Gasteiger partial charge in [-0.1, -0.05) is 18.2 Å². The number of aryl methyl sites for hydroxylation is 2. The average molecular weight is 328 g/mol. The van der Waals surface area contributed by atoms with Gasteiger partial charge in [-0.2, -0.15) is 0 Å². The van der Waals surface area contributed by atoms with E-state index in [0.29, 0.717) is 37.1 Å². The molecule has 0 radical (unpaired) electrons. The third-order valence-corrected chi connectivity index (χ3v) is 4.25. The number of aromatic carboxylic acids is 1. The van der Waals surface area contributed by atoms with Gasteiger partial charge in [0.15, 0.2) is 0 Å². The topological polar surface area (TPSA) is 73.5 Å². The van der Waals surface area contributed by atoms with Crippen LogP contribution < -0.4 is 5.56 Å². The van der Waals surface area contributed by atoms with Crippen LogP contribution in [0.25, 0.3) is 21.8 Å². The number of rotatable bonds is 6. The number of hydrogen-bond donors (Lipinski definition) is 1. The van der Waals surface area contributed by atoms with Gasteiger partial charge in [0.2, 0.25) is 0 Å². The van der Waals surface area contributed by atoms with Crippen LogP contribution in [0.5, 0.6) is 0 Å². The molecule has 0 unspecified atom stereocenters. The molecule has 3 aromatic rings. The van der Waals surface area contributed by atoms with E-state index >= 15 is 0 Å². The maximum absolute atomic E-state index is 12.9. The van der Waals surface area contributed by atoms with E-state index in [-0.39, 0.29) is 11.1 Å². The normalized spacial score (nSPS) is 11.4. The highest BCUT2D eigenvalue weighted by atomic mass is 16.5. The van der Waals surface area contributed by atoms with E-state index < -0.39 is 5.97 Å². The highest BCUT2D eigenvalue weighted by Crippen LogP contribution is 2.28. The van der Waals surface area contributed by atoms with Gasteiger partial charge in [0.05, 0.1) is 5.56 Å². The molecule has 2 aromatic heterocycles. The SMILES string of the molecule is CCOCCCn1cc(C(=O)O)c2c3ccccc3n(C)c2c1=O. The van der Waals surface area contributed by atoms with Gasteiger partial charge >= 0.3 is 5.97 Å². The number of pyridine rings is 1. The van der Waals surface area contributed by atoms with Crippen LogP contribution in [-0.2, 0) is 18.3 Å². The number of para-hydroxylation sites is 1. The molecule has 0 atom stereocenters. The number of aromatic nitrogens is 2. The molecule has 0 saturated carbocycles. The van der Waals surface area contributed by atoms with Gasteiger partial charge in [-0.15, -0.1) is 0 Å². The molecular formula is C18H20N2O4. The zero-order valence-electron chi connectivity index (χ0n) is 13.8. The van der Waals surface area contributed by atoms with Crippen LogP contribution in [0.3, 0.4) is 0 Å². The first-order chi connectivity index (χ1) is 11.6. The van der Waals surface area contributed by atoms with Crippen LogP contribution in [0, 0.1) is 0 Å². The lowest BCUT2D eigenvalue weighted by molar-refractivity contribution is 0.0698. The molecule has 3 rings (SSSR count). The van der Waals surface area contributed by atoms with Crippen molar-refractivity contribution in [3.05, 3.63) is 46.4 Å². The minimum absolute atomic E-state index is 0.151. The summed E-state index contributed by atoms with van der Waals surface area (Å²) in [4.78, 5) is 24.6. The smallest absolute Gasteiger partial charge is 0.337 e. The van der Waals surface area contributed by atoms with Crippen LogP contribution in [0.15, 0.2) is 35.3 Å². The second-order valence-electron chi connectivity index (χ2n) is 5.70. The Hall–Kier alpha value is -2.60. The molecule has 2 heterocycles. The van der Waals surface area contributed by atoms with Crippen LogP contribution >= 0.6 is 0 Å². The fourth-order valence-electron chi connectivity index (χ4n) is 3.14. The minimum Gasteiger partial charge on any atom is -0.478 e. The van der Waals surface area contributed by atoms with Crippen molar-refractivity contribution >= 4 is 27.8 Å². The number of carbonyl (C=O) groups is 1. The van der Waals surface area contributed by atoms with Gasteiger partial charge < -0.3 is 19.0 Å². The standard InChI is InChI=1S/C18H20N2O4/c1-3-24-10-6-9-20-11-13(18(22)23)15-12-7-4-5-8-14(12)19(2)16(15)17(20)21/h4-5,7-8,11H,3,6,9-10H2,1-2H3,(H,22,23). The number of hydrogen-bond acceptors (Lipinski definition) is 3. The fraction of sp³-hybridized carbons (Fsp3) is 0.333. The molecule has 6 heteroatoms. The minimum atomic E-state index is -1.03. The lowest BCUT2D eigenvalue weighted by atomic mass is 10.1. The third kappa shape index (κ3) is 2.59. The van der Waals surface area contributed by atoms with Gasteiger partial charge in [0.25, 0.3) is 5.56 Å². The van der Waals surface area contributed by atoms with Crippen molar-refractivity contribution in [2.45, 2.75) is 19.9 Å². The number of fused-ring (bicyclic) bond motifs is 3. The molecule has 1 aromatic carbocycles. The molecule has 0 spiro atoms. The van der Waals surface area contributed by atoms with E-state index in [0.717, 1.165) is 10.9 Å². The molecule has 0 aliphatic heterocycles. The summed E-state index contributed by atoms with van der Waals surface area (Å²) < 4.78 is 8.55. The molecule has 24 heavy (non-hydrogen) atoms. The van der Waals surface area contributed by atoms with E-state index in [1.165, 1.54) is 10.8 Å². The van der Waals surface area contributed by atoms with E-state index in [4.69, 9.17) is 4.74 Å². The molecule has 0 fully saturated rings. The first-order valence-corrected chi connectivity index (χ1v) is 7.97. The van der Waals surface area contributed by atoms with Crippen LogP contribution in [0.4, 0.5) is 0 Å². The van der Waals surface area contributed by atoms with Crippen LogP contribution in [0.1, 0.15) is 23.7 Å². The lowest BCUT2D eigenvalue weighted by Gasteiger charge is -2.09. The second kappa shape index (κ2) is 6.49. The summed E-state index contributed by atoms with van der Waals surface area (Å²) in [5.41, 5.74) is 1.25. The summed E-state index contributed by atoms with van der Waals surface area (Å²) in [5.74, 6) is -1.03. The maximum Gasteiger partial charge on any atom is 0.337 e. The Kier molecular flexibility index (Phi) is 4.40. The predicted molar refractivity (Wildman–Crippen MR) is 92.8 cm³/mol. The van der Waals surface area contributed by atoms with Crippen molar-refractivity contribution in [2.75, 3.05) is 13.2 Å². The quantitative estimate of drug-likeness (QED) is 0.706. The number of carboxylic acid groups (broad SMARTS) is 1. The van der Waals surface area contributed by atoms with Crippen molar-refractivity contribution in [1.29, 1.82) is 0 Å². The van der Waals surface area contributed by atoms with Gasteiger partial charge in [-0.25, -0.2) is 4.79 Å². The van der Waals surface area contributed by atoms with Crippen LogP contribution in [0.2, 0.25) is 0 Å². The fourth-order valence-corrected chi connectivity index (χ4v) is 3.14. The van der Waals surface area contributed by atoms with Gasteiger partial charge in [-0.05, 0) is 19.4 Å². The Labute approximate surface area is 138 Å². The largest absolute Gasteiger partial charge is 0.478 e. The van der Waals surface area contributed by atoms with Crippen molar-refractivity contribution in [2.24, 2.45) is 7.05 Å². The molecule has 0 bridgehead atoms.